The van der Waals surface area contributed by atoms with Crippen LogP contribution in [0.5, 0.6) is 0 Å². The van der Waals surface area contributed by atoms with Crippen LogP contribution in [-0.2, 0) is 16.1 Å². The summed E-state index contributed by atoms with van der Waals surface area (Å²) < 4.78 is 0. The molecule has 0 spiro atoms. The highest BCUT2D eigenvalue weighted by molar-refractivity contribution is 6.31. The van der Waals surface area contributed by atoms with Crippen molar-refractivity contribution in [3.05, 3.63) is 34.9 Å². The van der Waals surface area contributed by atoms with Crippen molar-refractivity contribution in [2.75, 3.05) is 33.2 Å². The molecule has 0 radical (unpaired) electrons. The van der Waals surface area contributed by atoms with Crippen molar-refractivity contribution >= 4 is 23.5 Å². The number of nitrogens with one attached hydrogen (secondary N) is 1. The molecular formula is C19H28ClN3O3. The van der Waals surface area contributed by atoms with E-state index in [1.165, 1.54) is 0 Å². The third-order valence-corrected chi connectivity index (χ3v) is 5.26. The normalized spacial score (nSPS) is 18.5. The largest absolute Gasteiger partial charge is 0.480 e. The number of benzene rings is 1. The summed E-state index contributed by atoms with van der Waals surface area (Å²) in [6.07, 6.45) is 3.42. The summed E-state index contributed by atoms with van der Waals surface area (Å²) in [5.74, 6) is -0.766. The van der Waals surface area contributed by atoms with E-state index < -0.39 is 5.97 Å². The fraction of sp³-hybridized carbons (Fsp3) is 0.579. The van der Waals surface area contributed by atoms with Gasteiger partial charge in [0.25, 0.3) is 0 Å². The molecule has 1 amide bonds. The Labute approximate surface area is 160 Å². The van der Waals surface area contributed by atoms with E-state index >= 15 is 0 Å². The number of carboxylic acids is 1. The monoisotopic (exact) mass is 381 g/mol. The van der Waals surface area contributed by atoms with Gasteiger partial charge in [-0.05, 0) is 51.0 Å². The smallest absolute Gasteiger partial charge is 0.317 e. The van der Waals surface area contributed by atoms with Crippen molar-refractivity contribution in [3.63, 3.8) is 0 Å². The number of carbonyl (C=O) groups is 2. The van der Waals surface area contributed by atoms with Gasteiger partial charge >= 0.3 is 5.97 Å². The van der Waals surface area contributed by atoms with Crippen LogP contribution in [0.2, 0.25) is 5.02 Å². The number of likely N-dealkylation sites (tertiary alicyclic amines) is 1. The van der Waals surface area contributed by atoms with Gasteiger partial charge in [-0.1, -0.05) is 29.8 Å². The summed E-state index contributed by atoms with van der Waals surface area (Å²) in [4.78, 5) is 27.2. The summed E-state index contributed by atoms with van der Waals surface area (Å²) in [5, 5.41) is 12.5. The molecular weight excluding hydrogens is 354 g/mol. The summed E-state index contributed by atoms with van der Waals surface area (Å²) in [5.41, 5.74) is 0.918. The molecule has 1 aliphatic rings. The van der Waals surface area contributed by atoms with Crippen LogP contribution in [0, 0.1) is 0 Å². The Morgan fingerprint density at radius 3 is 2.81 bits per heavy atom. The maximum absolute atomic E-state index is 12.1. The topological polar surface area (TPSA) is 72.9 Å². The number of nitrogens with zero attached hydrogens (tertiary/aromatic N) is 2. The van der Waals surface area contributed by atoms with Crippen LogP contribution in [0.4, 0.5) is 0 Å². The van der Waals surface area contributed by atoms with Crippen molar-refractivity contribution in [2.45, 2.75) is 38.3 Å². The molecule has 144 valence electrons. The summed E-state index contributed by atoms with van der Waals surface area (Å²) in [6, 6.07) is 7.80. The number of carboxylic acid groups (broad SMARTS) is 1. The van der Waals surface area contributed by atoms with Gasteiger partial charge in [0.2, 0.25) is 5.91 Å². The Hall–Kier alpha value is -1.63. The molecule has 26 heavy (non-hydrogen) atoms. The number of halogens is 1. The number of carbonyl (C=O) groups excluding carboxylic acids is 1. The summed E-state index contributed by atoms with van der Waals surface area (Å²) in [6.45, 7) is 3.10. The molecule has 1 aliphatic heterocycles. The zero-order valence-corrected chi connectivity index (χ0v) is 16.0. The molecule has 0 aromatic heterocycles. The van der Waals surface area contributed by atoms with Crippen molar-refractivity contribution in [2.24, 2.45) is 0 Å². The molecule has 1 atom stereocenters. The average Bonchev–Trinajstić information content (AvgIpc) is 2.84. The zero-order chi connectivity index (χ0) is 18.9. The number of hydrogen-bond donors (Lipinski definition) is 2. The highest BCUT2D eigenvalue weighted by atomic mass is 35.5. The minimum absolute atomic E-state index is 0.0220. The lowest BCUT2D eigenvalue weighted by atomic mass is 10.1. The van der Waals surface area contributed by atoms with Gasteiger partial charge in [0.15, 0.2) is 0 Å². The quantitative estimate of drug-likeness (QED) is 0.722. The van der Waals surface area contributed by atoms with Crippen molar-refractivity contribution in [3.8, 4) is 0 Å². The highest BCUT2D eigenvalue weighted by Crippen LogP contribution is 2.16. The van der Waals surface area contributed by atoms with Gasteiger partial charge in [-0.25, -0.2) is 0 Å². The molecule has 1 saturated heterocycles. The molecule has 6 nitrogen and oxygen atoms in total. The van der Waals surface area contributed by atoms with Crippen LogP contribution in [0.25, 0.3) is 0 Å². The lowest BCUT2D eigenvalue weighted by Crippen LogP contribution is -2.37. The van der Waals surface area contributed by atoms with Crippen LogP contribution in [0.3, 0.4) is 0 Å². The Bertz CT molecular complexity index is 611. The maximum atomic E-state index is 12.1. The lowest BCUT2D eigenvalue weighted by Gasteiger charge is -2.25. The van der Waals surface area contributed by atoms with E-state index in [1.807, 2.05) is 36.2 Å². The molecule has 1 fully saturated rings. The van der Waals surface area contributed by atoms with Gasteiger partial charge in [-0.3, -0.25) is 14.5 Å². The van der Waals surface area contributed by atoms with Gasteiger partial charge in [0, 0.05) is 30.6 Å². The van der Waals surface area contributed by atoms with Gasteiger partial charge in [0.1, 0.15) is 0 Å². The molecule has 7 heteroatoms. The van der Waals surface area contributed by atoms with Crippen LogP contribution >= 0.6 is 11.6 Å². The van der Waals surface area contributed by atoms with Crippen LogP contribution in [0.1, 0.15) is 31.2 Å². The van der Waals surface area contributed by atoms with E-state index in [0.717, 1.165) is 44.5 Å². The third kappa shape index (κ3) is 6.94. The summed E-state index contributed by atoms with van der Waals surface area (Å²) in [7, 11) is 1.87. The number of aliphatic carboxylic acids is 1. The minimum Gasteiger partial charge on any atom is -0.480 e. The van der Waals surface area contributed by atoms with Crippen LogP contribution < -0.4 is 5.32 Å². The molecule has 1 heterocycles. The SMILES string of the molecule is CN(CC(=O)O)C1CCCN(CCC(=O)NCc2ccccc2Cl)CC1. The first-order valence-electron chi connectivity index (χ1n) is 9.10. The van der Waals surface area contributed by atoms with Gasteiger partial charge in [-0.2, -0.15) is 0 Å². The first-order chi connectivity index (χ1) is 12.5. The molecule has 0 aliphatic carbocycles. The lowest BCUT2D eigenvalue weighted by molar-refractivity contribution is -0.138. The van der Waals surface area contributed by atoms with Crippen molar-refractivity contribution < 1.29 is 14.7 Å². The van der Waals surface area contributed by atoms with E-state index in [2.05, 4.69) is 10.2 Å². The third-order valence-electron chi connectivity index (χ3n) is 4.89. The average molecular weight is 382 g/mol. The molecule has 1 aromatic carbocycles. The van der Waals surface area contributed by atoms with Crippen LogP contribution in [0.15, 0.2) is 24.3 Å². The molecule has 2 rings (SSSR count). The van der Waals surface area contributed by atoms with E-state index in [0.29, 0.717) is 24.0 Å². The number of rotatable bonds is 8. The maximum Gasteiger partial charge on any atom is 0.317 e. The second-order valence-electron chi connectivity index (χ2n) is 6.85. The molecule has 1 aromatic rings. The van der Waals surface area contributed by atoms with Gasteiger partial charge in [0.05, 0.1) is 6.54 Å². The second-order valence-corrected chi connectivity index (χ2v) is 7.26. The van der Waals surface area contributed by atoms with E-state index in [4.69, 9.17) is 16.7 Å². The zero-order valence-electron chi connectivity index (χ0n) is 15.3. The van der Waals surface area contributed by atoms with Crippen molar-refractivity contribution in [1.29, 1.82) is 0 Å². The van der Waals surface area contributed by atoms with Crippen molar-refractivity contribution in [1.82, 2.24) is 15.1 Å². The first kappa shape index (κ1) is 20.7. The predicted molar refractivity (Wildman–Crippen MR) is 102 cm³/mol. The molecule has 1 unspecified atom stereocenters. The Balaban J connectivity index is 1.70. The first-order valence-corrected chi connectivity index (χ1v) is 9.48. The summed E-state index contributed by atoms with van der Waals surface area (Å²) >= 11 is 6.10. The second kappa shape index (κ2) is 10.5. The Morgan fingerprint density at radius 2 is 2.08 bits per heavy atom. The highest BCUT2D eigenvalue weighted by Gasteiger charge is 2.21. The fourth-order valence-electron chi connectivity index (χ4n) is 3.33. The fourth-order valence-corrected chi connectivity index (χ4v) is 3.53. The van der Waals surface area contributed by atoms with E-state index in [-0.39, 0.29) is 12.5 Å². The van der Waals surface area contributed by atoms with Crippen LogP contribution in [-0.4, -0.2) is 66.1 Å². The minimum atomic E-state index is -0.788. The van der Waals surface area contributed by atoms with Gasteiger partial charge in [-0.15, -0.1) is 0 Å². The molecule has 0 saturated carbocycles. The molecule has 0 bridgehead atoms. The molecule has 2 N–H and O–H groups in total. The standard InChI is InChI=1S/C19H28ClN3O3/c1-22(14-19(25)26)16-6-4-10-23(11-8-16)12-9-18(24)21-13-15-5-2-3-7-17(15)20/h2-3,5,7,16H,4,6,8-14H2,1H3,(H,21,24)(H,25,26). The number of likely N-dealkylation sites (N-methyl/N-ethyl adjacent to an activating group) is 1. The predicted octanol–water partition coefficient (Wildman–Crippen LogP) is 2.22. The Morgan fingerprint density at radius 1 is 1.31 bits per heavy atom. The van der Waals surface area contributed by atoms with E-state index in [9.17, 15) is 9.59 Å². The number of hydrogen-bond acceptors (Lipinski definition) is 4. The number of amides is 1. The van der Waals surface area contributed by atoms with E-state index in [1.54, 1.807) is 0 Å². The Kier molecular flexibility index (Phi) is 8.35. The van der Waals surface area contributed by atoms with Gasteiger partial charge < -0.3 is 15.3 Å².